The van der Waals surface area contributed by atoms with Crippen molar-refractivity contribution in [3.63, 3.8) is 0 Å². The Morgan fingerprint density at radius 2 is 2.26 bits per heavy atom. The number of halogens is 1. The molecule has 5 nitrogen and oxygen atoms in total. The lowest BCUT2D eigenvalue weighted by Crippen LogP contribution is -2.38. The highest BCUT2D eigenvalue weighted by atomic mass is 19.1. The molecule has 1 aromatic rings. The van der Waals surface area contributed by atoms with Crippen LogP contribution in [0.2, 0.25) is 0 Å². The van der Waals surface area contributed by atoms with Crippen LogP contribution in [0.4, 0.5) is 4.39 Å². The topological polar surface area (TPSA) is 64.6 Å². The summed E-state index contributed by atoms with van der Waals surface area (Å²) in [7, 11) is 1.53. The number of hydrogen-bond acceptors (Lipinski definition) is 4. The molecule has 0 saturated heterocycles. The number of amides is 1. The maximum absolute atomic E-state index is 12.9. The zero-order chi connectivity index (χ0) is 14.3. The monoisotopic (exact) mass is 269 g/mol. The number of ether oxygens (including phenoxy) is 2. The van der Waals surface area contributed by atoms with Gasteiger partial charge in [0.05, 0.1) is 12.2 Å². The van der Waals surface area contributed by atoms with Gasteiger partial charge in [-0.15, -0.1) is 0 Å². The van der Waals surface area contributed by atoms with Crippen LogP contribution in [-0.4, -0.2) is 38.6 Å². The predicted molar refractivity (Wildman–Crippen MR) is 66.8 cm³/mol. The Balaban J connectivity index is 2.63. The van der Waals surface area contributed by atoms with E-state index in [9.17, 15) is 14.0 Å². The fourth-order valence-corrected chi connectivity index (χ4v) is 1.38. The second-order valence-electron chi connectivity index (χ2n) is 3.84. The summed E-state index contributed by atoms with van der Waals surface area (Å²) in [6.07, 6.45) is -0.311. The summed E-state index contributed by atoms with van der Waals surface area (Å²) in [5, 5.41) is 2.60. The molecular formula is C13H16FNO4. The summed E-state index contributed by atoms with van der Waals surface area (Å²) in [6, 6.07) is 3.54. The molecule has 0 heterocycles. The molecule has 1 aromatic carbocycles. The molecule has 1 amide bonds. The molecule has 19 heavy (non-hydrogen) atoms. The molecule has 0 aromatic heterocycles. The number of carbonyl (C=O) groups is 2. The van der Waals surface area contributed by atoms with Gasteiger partial charge >= 0.3 is 0 Å². The van der Waals surface area contributed by atoms with E-state index in [2.05, 4.69) is 5.32 Å². The summed E-state index contributed by atoms with van der Waals surface area (Å²) >= 11 is 0. The van der Waals surface area contributed by atoms with Gasteiger partial charge in [-0.05, 0) is 25.1 Å². The molecule has 6 heteroatoms. The molecule has 0 spiro atoms. The lowest BCUT2D eigenvalue weighted by atomic mass is 10.2. The van der Waals surface area contributed by atoms with E-state index in [1.165, 1.54) is 13.2 Å². The largest absolute Gasteiger partial charge is 0.480 e. The van der Waals surface area contributed by atoms with Crippen LogP contribution in [0.3, 0.4) is 0 Å². The van der Waals surface area contributed by atoms with E-state index < -0.39 is 11.9 Å². The molecule has 1 rings (SSSR count). The van der Waals surface area contributed by atoms with Crippen molar-refractivity contribution in [2.75, 3.05) is 20.3 Å². The Morgan fingerprint density at radius 3 is 2.89 bits per heavy atom. The van der Waals surface area contributed by atoms with Gasteiger partial charge in [0.25, 0.3) is 5.91 Å². The van der Waals surface area contributed by atoms with E-state index in [0.717, 1.165) is 12.1 Å². The Kier molecular flexibility index (Phi) is 5.95. The normalized spacial score (nSPS) is 11.7. The van der Waals surface area contributed by atoms with E-state index in [-0.39, 0.29) is 17.2 Å². The Labute approximate surface area is 110 Å². The Hall–Kier alpha value is -1.95. The first-order valence-corrected chi connectivity index (χ1v) is 5.76. The second kappa shape index (κ2) is 7.48. The molecule has 1 unspecified atom stereocenters. The minimum atomic E-state index is -0.791. The van der Waals surface area contributed by atoms with Crippen molar-refractivity contribution in [1.82, 2.24) is 5.32 Å². The van der Waals surface area contributed by atoms with Gasteiger partial charge in [0.1, 0.15) is 11.6 Å². The van der Waals surface area contributed by atoms with Crippen LogP contribution in [0.1, 0.15) is 17.3 Å². The smallest absolute Gasteiger partial charge is 0.260 e. The van der Waals surface area contributed by atoms with Crippen LogP contribution in [0.25, 0.3) is 0 Å². The molecule has 0 bridgehead atoms. The molecule has 104 valence electrons. The number of benzene rings is 1. The summed E-state index contributed by atoms with van der Waals surface area (Å²) in [4.78, 5) is 22.4. The van der Waals surface area contributed by atoms with E-state index in [0.29, 0.717) is 19.4 Å². The average molecular weight is 269 g/mol. The van der Waals surface area contributed by atoms with Gasteiger partial charge in [-0.3, -0.25) is 9.59 Å². The van der Waals surface area contributed by atoms with Crippen molar-refractivity contribution in [2.24, 2.45) is 0 Å². The van der Waals surface area contributed by atoms with Crippen molar-refractivity contribution < 1.29 is 23.5 Å². The number of carbonyl (C=O) groups excluding carboxylic acids is 2. The first-order chi connectivity index (χ1) is 9.08. The van der Waals surface area contributed by atoms with Crippen molar-refractivity contribution in [3.8, 4) is 5.75 Å². The van der Waals surface area contributed by atoms with Crippen molar-refractivity contribution >= 4 is 12.2 Å². The van der Waals surface area contributed by atoms with Gasteiger partial charge in [-0.25, -0.2) is 4.39 Å². The summed E-state index contributed by atoms with van der Waals surface area (Å²) in [5.74, 6) is -0.698. The SMILES string of the molecule is COCCNC(=O)C(C)Oc1ccc(F)cc1C=O. The highest BCUT2D eigenvalue weighted by molar-refractivity contribution is 5.82. The van der Waals surface area contributed by atoms with E-state index in [1.54, 1.807) is 6.92 Å². The maximum atomic E-state index is 12.9. The second-order valence-corrected chi connectivity index (χ2v) is 3.84. The van der Waals surface area contributed by atoms with Crippen molar-refractivity contribution in [2.45, 2.75) is 13.0 Å². The van der Waals surface area contributed by atoms with Crippen LogP contribution < -0.4 is 10.1 Å². The minimum absolute atomic E-state index is 0.0662. The molecular weight excluding hydrogens is 253 g/mol. The number of methoxy groups -OCH3 is 1. The zero-order valence-corrected chi connectivity index (χ0v) is 10.8. The summed E-state index contributed by atoms with van der Waals surface area (Å²) in [5.41, 5.74) is 0.0662. The Bertz CT molecular complexity index is 450. The summed E-state index contributed by atoms with van der Waals surface area (Å²) in [6.45, 7) is 2.31. The van der Waals surface area contributed by atoms with Crippen LogP contribution in [-0.2, 0) is 9.53 Å². The first-order valence-electron chi connectivity index (χ1n) is 5.76. The molecule has 0 aliphatic carbocycles. The molecule has 0 fully saturated rings. The van der Waals surface area contributed by atoms with Crippen LogP contribution in [0.5, 0.6) is 5.75 Å². The summed E-state index contributed by atoms with van der Waals surface area (Å²) < 4.78 is 23.1. The Morgan fingerprint density at radius 1 is 1.53 bits per heavy atom. The standard InChI is InChI=1S/C13H16FNO4/c1-9(13(17)15-5-6-18-2)19-12-4-3-11(14)7-10(12)8-16/h3-4,7-9H,5-6H2,1-2H3,(H,15,17). The number of aldehydes is 1. The van der Waals surface area contributed by atoms with Gasteiger partial charge in [-0.2, -0.15) is 0 Å². The molecule has 0 aliphatic heterocycles. The third-order valence-electron chi connectivity index (χ3n) is 2.38. The number of rotatable bonds is 7. The third-order valence-corrected chi connectivity index (χ3v) is 2.38. The minimum Gasteiger partial charge on any atom is -0.480 e. The fourth-order valence-electron chi connectivity index (χ4n) is 1.38. The zero-order valence-electron chi connectivity index (χ0n) is 10.8. The highest BCUT2D eigenvalue weighted by Crippen LogP contribution is 2.19. The third kappa shape index (κ3) is 4.67. The van der Waals surface area contributed by atoms with E-state index >= 15 is 0 Å². The fraction of sp³-hybridized carbons (Fsp3) is 0.385. The molecule has 1 N–H and O–H groups in total. The van der Waals surface area contributed by atoms with Crippen molar-refractivity contribution in [1.29, 1.82) is 0 Å². The molecule has 0 saturated carbocycles. The van der Waals surface area contributed by atoms with Crippen LogP contribution >= 0.6 is 0 Å². The van der Waals surface area contributed by atoms with E-state index in [4.69, 9.17) is 9.47 Å². The maximum Gasteiger partial charge on any atom is 0.260 e. The molecule has 1 atom stereocenters. The van der Waals surface area contributed by atoms with E-state index in [1.807, 2.05) is 0 Å². The average Bonchev–Trinajstić information content (AvgIpc) is 2.40. The van der Waals surface area contributed by atoms with Gasteiger partial charge in [0, 0.05) is 13.7 Å². The van der Waals surface area contributed by atoms with Gasteiger partial charge in [0.2, 0.25) is 0 Å². The van der Waals surface area contributed by atoms with Gasteiger partial charge in [-0.1, -0.05) is 0 Å². The number of nitrogens with one attached hydrogen (secondary N) is 1. The van der Waals surface area contributed by atoms with Gasteiger partial charge in [0.15, 0.2) is 12.4 Å². The highest BCUT2D eigenvalue weighted by Gasteiger charge is 2.16. The first kappa shape index (κ1) is 15.1. The van der Waals surface area contributed by atoms with Crippen molar-refractivity contribution in [3.05, 3.63) is 29.6 Å². The van der Waals surface area contributed by atoms with Crippen LogP contribution in [0.15, 0.2) is 18.2 Å². The predicted octanol–water partition coefficient (Wildman–Crippen LogP) is 1.17. The lowest BCUT2D eigenvalue weighted by Gasteiger charge is -2.15. The van der Waals surface area contributed by atoms with Gasteiger partial charge < -0.3 is 14.8 Å². The number of hydrogen-bond donors (Lipinski definition) is 1. The molecule has 0 aliphatic rings. The van der Waals surface area contributed by atoms with Crippen LogP contribution in [0, 0.1) is 5.82 Å². The quantitative estimate of drug-likeness (QED) is 0.596. The lowest BCUT2D eigenvalue weighted by molar-refractivity contribution is -0.127. The molecule has 0 radical (unpaired) electrons.